The van der Waals surface area contributed by atoms with E-state index in [1.165, 1.54) is 11.5 Å². The normalized spacial score (nSPS) is 20.4. The Balaban J connectivity index is 2.04. The first-order chi connectivity index (χ1) is 9.27. The predicted molar refractivity (Wildman–Crippen MR) is 76.9 cm³/mol. The van der Waals surface area contributed by atoms with Gasteiger partial charge in [-0.2, -0.15) is 4.37 Å². The Kier molecular flexibility index (Phi) is 3.38. The zero-order chi connectivity index (χ0) is 13.2. The first kappa shape index (κ1) is 12.4. The molecule has 1 aromatic heterocycles. The molecule has 1 aromatic carbocycles. The molecule has 3 rings (SSSR count). The van der Waals surface area contributed by atoms with Crippen LogP contribution >= 0.6 is 11.5 Å². The third kappa shape index (κ3) is 2.30. The van der Waals surface area contributed by atoms with Crippen molar-refractivity contribution in [1.82, 2.24) is 4.37 Å². The maximum absolute atomic E-state index is 11.5. The molecule has 5 heteroatoms. The highest BCUT2D eigenvalue weighted by atomic mass is 32.1. The highest BCUT2D eigenvalue weighted by Crippen LogP contribution is 2.34. The number of carbonyl (C=O) groups is 1. The second-order valence-electron chi connectivity index (χ2n) is 4.90. The highest BCUT2D eigenvalue weighted by molar-refractivity contribution is 7.11. The van der Waals surface area contributed by atoms with Gasteiger partial charge >= 0.3 is 5.97 Å². The molecule has 2 heterocycles. The van der Waals surface area contributed by atoms with E-state index in [0.717, 1.165) is 48.1 Å². The Morgan fingerprint density at radius 3 is 3.00 bits per heavy atom. The number of aliphatic carboxylic acids is 1. The molecular formula is C14H16N2O2S. The van der Waals surface area contributed by atoms with Crippen molar-refractivity contribution in [2.24, 2.45) is 0 Å². The molecule has 4 nitrogen and oxygen atoms in total. The monoisotopic (exact) mass is 276 g/mol. The molecule has 1 aliphatic heterocycles. The van der Waals surface area contributed by atoms with Crippen molar-refractivity contribution in [2.45, 2.75) is 31.7 Å². The lowest BCUT2D eigenvalue weighted by Gasteiger charge is -2.27. The lowest BCUT2D eigenvalue weighted by Crippen LogP contribution is -2.40. The van der Waals surface area contributed by atoms with Crippen LogP contribution in [0.5, 0.6) is 0 Å². The molecule has 19 heavy (non-hydrogen) atoms. The van der Waals surface area contributed by atoms with Crippen LogP contribution in [0.3, 0.4) is 0 Å². The molecule has 100 valence electrons. The molecule has 1 N–H and O–H groups in total. The van der Waals surface area contributed by atoms with Gasteiger partial charge in [-0.05, 0) is 36.5 Å². The molecule has 1 unspecified atom stereocenters. The van der Waals surface area contributed by atoms with E-state index in [1.54, 1.807) is 0 Å². The van der Waals surface area contributed by atoms with Crippen molar-refractivity contribution >= 4 is 33.4 Å². The molecule has 0 amide bonds. The van der Waals surface area contributed by atoms with Crippen LogP contribution in [0.15, 0.2) is 24.3 Å². The van der Waals surface area contributed by atoms with Gasteiger partial charge in [0.15, 0.2) is 0 Å². The summed E-state index contributed by atoms with van der Waals surface area (Å²) in [5.74, 6) is -0.723. The van der Waals surface area contributed by atoms with E-state index in [9.17, 15) is 9.90 Å². The molecule has 0 radical (unpaired) electrons. The average molecular weight is 276 g/mol. The van der Waals surface area contributed by atoms with Crippen LogP contribution in [0.1, 0.15) is 25.7 Å². The van der Waals surface area contributed by atoms with Gasteiger partial charge in [0.1, 0.15) is 11.0 Å². The van der Waals surface area contributed by atoms with Crippen molar-refractivity contribution in [3.8, 4) is 0 Å². The van der Waals surface area contributed by atoms with Crippen LogP contribution in [-0.2, 0) is 4.79 Å². The minimum absolute atomic E-state index is 0.411. The van der Waals surface area contributed by atoms with Crippen molar-refractivity contribution < 1.29 is 9.90 Å². The number of anilines is 1. The predicted octanol–water partition coefficient (Wildman–Crippen LogP) is 3.13. The van der Waals surface area contributed by atoms with Crippen LogP contribution in [0, 0.1) is 0 Å². The zero-order valence-corrected chi connectivity index (χ0v) is 11.4. The fourth-order valence-corrected chi connectivity index (χ4v) is 3.63. The van der Waals surface area contributed by atoms with Gasteiger partial charge in [-0.15, -0.1) is 0 Å². The summed E-state index contributed by atoms with van der Waals surface area (Å²) in [4.78, 5) is 13.5. The summed E-state index contributed by atoms with van der Waals surface area (Å²) in [6.45, 7) is 0.809. The summed E-state index contributed by atoms with van der Waals surface area (Å²) in [6, 6.07) is 7.53. The number of hydrogen-bond acceptors (Lipinski definition) is 4. The number of fused-ring (bicyclic) bond motifs is 1. The molecule has 1 aliphatic rings. The Morgan fingerprint density at radius 2 is 2.16 bits per heavy atom. The standard InChI is InChI=1S/C14H16N2O2S/c17-14(18)12-8-2-1-5-9-16(12)13-10-6-3-4-7-11(10)15-19-13/h3-4,6-7,12H,1-2,5,8-9H2,(H,17,18). The van der Waals surface area contributed by atoms with Gasteiger partial charge in [0.2, 0.25) is 0 Å². The fraction of sp³-hybridized carbons (Fsp3) is 0.429. The maximum Gasteiger partial charge on any atom is 0.326 e. The van der Waals surface area contributed by atoms with Crippen molar-refractivity contribution in [3.63, 3.8) is 0 Å². The smallest absolute Gasteiger partial charge is 0.326 e. The summed E-state index contributed by atoms with van der Waals surface area (Å²) < 4.78 is 4.43. The fourth-order valence-electron chi connectivity index (χ4n) is 2.69. The molecule has 1 fully saturated rings. The van der Waals surface area contributed by atoms with Gasteiger partial charge < -0.3 is 10.0 Å². The van der Waals surface area contributed by atoms with E-state index in [0.29, 0.717) is 0 Å². The summed E-state index contributed by atoms with van der Waals surface area (Å²) in [6.07, 6.45) is 3.87. The molecular weight excluding hydrogens is 260 g/mol. The van der Waals surface area contributed by atoms with Gasteiger partial charge in [-0.1, -0.05) is 25.0 Å². The molecule has 1 saturated heterocycles. The number of benzene rings is 1. The molecule has 1 atom stereocenters. The molecule has 2 aromatic rings. The van der Waals surface area contributed by atoms with E-state index >= 15 is 0 Å². The second kappa shape index (κ2) is 5.17. The molecule has 0 bridgehead atoms. The van der Waals surface area contributed by atoms with Gasteiger partial charge in [0, 0.05) is 11.9 Å². The Labute approximate surface area is 115 Å². The number of hydrogen-bond donors (Lipinski definition) is 1. The topological polar surface area (TPSA) is 53.4 Å². The lowest BCUT2D eigenvalue weighted by atomic mass is 10.1. The SMILES string of the molecule is O=C(O)C1CCCCCN1c1snc2ccccc12. The number of nitrogens with zero attached hydrogens (tertiary/aromatic N) is 2. The first-order valence-electron chi connectivity index (χ1n) is 6.61. The van der Waals surface area contributed by atoms with Crippen molar-refractivity contribution in [3.05, 3.63) is 24.3 Å². The van der Waals surface area contributed by atoms with Crippen LogP contribution in [0.25, 0.3) is 10.9 Å². The van der Waals surface area contributed by atoms with Gasteiger partial charge in [0.25, 0.3) is 0 Å². The van der Waals surface area contributed by atoms with Gasteiger partial charge in [-0.3, -0.25) is 0 Å². The second-order valence-corrected chi connectivity index (χ2v) is 5.65. The minimum Gasteiger partial charge on any atom is -0.480 e. The van der Waals surface area contributed by atoms with E-state index in [4.69, 9.17) is 0 Å². The average Bonchev–Trinajstić information content (AvgIpc) is 2.67. The third-order valence-electron chi connectivity index (χ3n) is 3.66. The summed E-state index contributed by atoms with van der Waals surface area (Å²) in [7, 11) is 0. The van der Waals surface area contributed by atoms with Crippen molar-refractivity contribution in [1.29, 1.82) is 0 Å². The third-order valence-corrected chi connectivity index (χ3v) is 4.58. The first-order valence-corrected chi connectivity index (χ1v) is 7.38. The van der Waals surface area contributed by atoms with Gasteiger partial charge in [0.05, 0.1) is 5.52 Å². The number of carboxylic acids is 1. The lowest BCUT2D eigenvalue weighted by molar-refractivity contribution is -0.138. The summed E-state index contributed by atoms with van der Waals surface area (Å²) in [5.41, 5.74) is 0.955. The van der Waals surface area contributed by atoms with E-state index in [1.807, 2.05) is 29.2 Å². The summed E-state index contributed by atoms with van der Waals surface area (Å²) >= 11 is 1.41. The number of aromatic nitrogens is 1. The number of rotatable bonds is 2. The van der Waals surface area contributed by atoms with Gasteiger partial charge in [-0.25, -0.2) is 4.79 Å². The molecule has 0 saturated carbocycles. The van der Waals surface area contributed by atoms with E-state index < -0.39 is 12.0 Å². The Hall–Kier alpha value is -1.62. The Morgan fingerprint density at radius 1 is 1.32 bits per heavy atom. The largest absolute Gasteiger partial charge is 0.480 e. The highest BCUT2D eigenvalue weighted by Gasteiger charge is 2.29. The molecule has 0 spiro atoms. The van der Waals surface area contributed by atoms with Crippen LogP contribution in [-0.4, -0.2) is 28.0 Å². The minimum atomic E-state index is -0.723. The van der Waals surface area contributed by atoms with E-state index in [-0.39, 0.29) is 0 Å². The van der Waals surface area contributed by atoms with Crippen LogP contribution in [0.2, 0.25) is 0 Å². The Bertz CT molecular complexity index is 596. The maximum atomic E-state index is 11.5. The summed E-state index contributed by atoms with van der Waals surface area (Å²) in [5, 5.41) is 11.5. The zero-order valence-electron chi connectivity index (χ0n) is 10.6. The quantitative estimate of drug-likeness (QED) is 0.915. The van der Waals surface area contributed by atoms with Crippen LogP contribution < -0.4 is 4.90 Å². The van der Waals surface area contributed by atoms with Crippen LogP contribution in [0.4, 0.5) is 5.00 Å². The van der Waals surface area contributed by atoms with E-state index in [2.05, 4.69) is 4.37 Å². The van der Waals surface area contributed by atoms with Crippen molar-refractivity contribution in [2.75, 3.05) is 11.4 Å². The number of carboxylic acid groups (broad SMARTS) is 1. The molecule has 0 aliphatic carbocycles.